The van der Waals surface area contributed by atoms with Crippen molar-refractivity contribution in [2.24, 2.45) is 17.3 Å². The summed E-state index contributed by atoms with van der Waals surface area (Å²) in [6.07, 6.45) is -2.32. The Labute approximate surface area is 779 Å². The van der Waals surface area contributed by atoms with Crippen LogP contribution in [0.15, 0.2) is 0 Å². The standard InChI is InChI=1S/C19H29B2N2O7P.C15H28B2O8P.C9H14BNO2.2C8H16BO6P.C8H14BO3.CH4.H2O.4W/c1-11(2)26-7-13-5-16(20)19(9-22,10-23)18(13)30-31(24,25)27-8-15-14(28-12(3)4)6-17(21)29-15;1-10(2)20-6-12(22-9-16)7-23-26(18,19)25-13-5-15(17)24-14(13)8-21-11(3)4;1-6(2)12-5-8-3-7(4-11)9(10)13-8;2*1-5(2)14-6-3-8(9)15-7(6)4-13-16(10,11)12;1-5(2)11-4-7-6(10)3-8(9)12-7;;;;;;/h11-18H,5-8H2,1-4H3,(H,24,25);5,10-15H,6-9H2,1-4H3,(H,18,19);6-9H,3,5H2,1-2H3;2*5-8H,3-4H2,1-2H3,(H2,10,11,12);3,5-8,10H,4H2,1-2H3;1H4;1H2;;;;/q;-1;;;;-1;;;;;;/p-7/t13-,14?,15-,16-,17-,18?;12-,13?,14+,15+;7-,8+,9-;3*6?,7-,8-;;;;;;/m101111....../s1. The Morgan fingerprint density at radius 2 is 0.842 bits per heavy atom. The van der Waals surface area contributed by atoms with Crippen molar-refractivity contribution in [2.75, 3.05) is 66.0 Å². The molecule has 0 bridgehead atoms. The minimum atomic E-state index is -4.98. The van der Waals surface area contributed by atoms with Crippen molar-refractivity contribution in [3.63, 3.8) is 0 Å². The largest absolute Gasteiger partial charge is 0.870 e. The van der Waals surface area contributed by atoms with Gasteiger partial charge in [-0.15, -0.1) is 0 Å². The molecule has 0 aromatic rings. The Hall–Kier alpha value is 1.50. The first-order chi connectivity index (χ1) is 52.8. The maximum absolute atomic E-state index is 12.6. The summed E-state index contributed by atoms with van der Waals surface area (Å²) in [6, 6.07) is 2.56. The number of nitrogens with zero attached hydrogens (tertiary/aromatic N) is 3. The van der Waals surface area contributed by atoms with Crippen LogP contribution in [0.25, 0.3) is 0 Å². The average molecular weight is 2450 g/mol. The van der Waals surface area contributed by atoms with Gasteiger partial charge < -0.3 is 147 Å². The zero-order valence-electron chi connectivity index (χ0n) is 70.0. The summed E-state index contributed by atoms with van der Waals surface area (Å²) in [5, 5.41) is 37.3. The molecule has 36 nitrogen and oxygen atoms in total. The van der Waals surface area contributed by atoms with Crippen LogP contribution in [0.4, 0.5) is 0 Å². The zero-order valence-corrected chi connectivity index (χ0v) is 85.3. The van der Waals surface area contributed by atoms with Gasteiger partial charge in [-0.1, -0.05) is 19.4 Å². The van der Waals surface area contributed by atoms with Crippen LogP contribution in [0, 0.1) is 64.1 Å². The fourth-order valence-corrected chi connectivity index (χ4v) is 14.1. The molecule has 0 aromatic carbocycles. The maximum atomic E-state index is 12.6. The van der Waals surface area contributed by atoms with E-state index in [1.807, 2.05) is 123 Å². The molecular weight excluding hydrogens is 2330 g/mol. The smallest absolute Gasteiger partial charge is 0.268 e. The molecule has 0 aromatic heterocycles. The van der Waals surface area contributed by atoms with E-state index in [2.05, 4.69) is 15.1 Å². The first kappa shape index (κ1) is 130. The van der Waals surface area contributed by atoms with Crippen molar-refractivity contribution >= 4 is 94.1 Å². The quantitative estimate of drug-likeness (QED) is 0.0501. The van der Waals surface area contributed by atoms with Crippen LogP contribution >= 0.6 is 31.3 Å². The Kier molecular flexibility index (Phi) is 70.6. The number of nitriles is 3. The third-order valence-electron chi connectivity index (χ3n) is 16.5. The molecule has 1 aliphatic carbocycles. The predicted octanol–water partition coefficient (Wildman–Crippen LogP) is 0.656. The van der Waals surface area contributed by atoms with Crippen LogP contribution in [0.2, 0.25) is 5.82 Å². The average Bonchev–Trinajstić information content (AvgIpc) is 1.61. The van der Waals surface area contributed by atoms with Gasteiger partial charge in [0.2, 0.25) is 0 Å². The molecule has 678 valence electrons. The van der Waals surface area contributed by atoms with Gasteiger partial charge in [-0.05, 0) is 161 Å². The molecule has 7 aliphatic rings. The van der Waals surface area contributed by atoms with Crippen molar-refractivity contribution in [3.8, 4) is 18.2 Å². The van der Waals surface area contributed by atoms with Crippen molar-refractivity contribution in [1.29, 1.82) is 15.8 Å². The second kappa shape index (κ2) is 65.2. The first-order valence-corrected chi connectivity index (χ1v) is 43.5. The van der Waals surface area contributed by atoms with E-state index >= 15 is 0 Å². The molecule has 52 heteroatoms. The maximum Gasteiger partial charge on any atom is 0.268 e. The predicted molar refractivity (Wildman–Crippen MR) is 414 cm³/mol. The van der Waals surface area contributed by atoms with Crippen molar-refractivity contribution in [1.82, 2.24) is 0 Å². The van der Waals surface area contributed by atoms with Crippen molar-refractivity contribution in [3.05, 3.63) is 12.8 Å². The molecule has 1 saturated carbocycles. The number of phosphoric ester groups is 4. The molecule has 6 heterocycles. The Morgan fingerprint density at radius 3 is 1.21 bits per heavy atom. The number of ether oxygens (including phenoxy) is 15. The summed E-state index contributed by atoms with van der Waals surface area (Å²) in [4.78, 5) is 66.0. The zero-order chi connectivity index (χ0) is 86.8. The second-order valence-corrected chi connectivity index (χ2v) is 34.5. The van der Waals surface area contributed by atoms with Gasteiger partial charge in [0.1, 0.15) is 69.8 Å². The topological polar surface area (TPSA) is 522 Å². The Bertz CT molecular complexity index is 2970. The van der Waals surface area contributed by atoms with Gasteiger partial charge in [-0.2, -0.15) is 15.8 Å². The van der Waals surface area contributed by atoms with Gasteiger partial charge in [0.05, 0.1) is 208 Å². The van der Waals surface area contributed by atoms with Gasteiger partial charge in [0, 0.05) is 121 Å². The van der Waals surface area contributed by atoms with Crippen LogP contribution in [-0.2, 0) is 201 Å². The van der Waals surface area contributed by atoms with E-state index < -0.39 is 139 Å². The Morgan fingerprint density at radius 1 is 0.458 bits per heavy atom. The van der Waals surface area contributed by atoms with Gasteiger partial charge in [0.25, 0.3) is 15.6 Å². The van der Waals surface area contributed by atoms with Gasteiger partial charge in [-0.3, -0.25) is 22.0 Å². The molecule has 0 amide bonds. The molecule has 16 radical (unpaired) electrons. The minimum absolute atomic E-state index is 0. The molecular formula is C68H116B8N3O33P4W4-9. The van der Waals surface area contributed by atoms with Crippen molar-refractivity contribution < 1.29 is 241 Å². The van der Waals surface area contributed by atoms with Crippen molar-refractivity contribution in [2.45, 2.75) is 320 Å². The second-order valence-electron chi connectivity index (χ2n) is 29.5. The van der Waals surface area contributed by atoms with Gasteiger partial charge >= 0.3 is 0 Å². The Balaban J connectivity index is -0.000000451. The third-order valence-corrected chi connectivity index (χ3v) is 19.4. The van der Waals surface area contributed by atoms with Crippen LogP contribution in [0.3, 0.4) is 0 Å². The monoisotopic (exact) mass is 2450 g/mol. The summed E-state index contributed by atoms with van der Waals surface area (Å²) in [5.41, 5.74) is -1.84. The molecule has 8 unspecified atom stereocenters. The van der Waals surface area contributed by atoms with Crippen LogP contribution in [0.1, 0.15) is 150 Å². The number of phosphoric acid groups is 4. The molecule has 6 saturated heterocycles. The molecule has 0 spiro atoms. The van der Waals surface area contributed by atoms with Gasteiger partial charge in [-0.25, -0.2) is 0 Å². The molecule has 24 atom stereocenters. The first-order valence-electron chi connectivity index (χ1n) is 37.6. The summed E-state index contributed by atoms with van der Waals surface area (Å²) in [5.74, 6) is -1.65. The molecule has 6 aliphatic heterocycles. The third kappa shape index (κ3) is 54.5. The normalized spacial score (nSPS) is 30.4. The summed E-state index contributed by atoms with van der Waals surface area (Å²) < 4.78 is 155. The molecule has 2 N–H and O–H groups in total. The van der Waals surface area contributed by atoms with Gasteiger partial charge in [0.15, 0.2) is 5.41 Å². The van der Waals surface area contributed by atoms with Crippen LogP contribution < -0.4 is 29.4 Å². The van der Waals surface area contributed by atoms with E-state index in [1.54, 1.807) is 6.42 Å². The number of hydrogen-bond acceptors (Lipinski definition) is 36. The number of aliphatic hydroxyl groups is 1. The molecule has 7 fully saturated rings. The van der Waals surface area contributed by atoms with E-state index in [-0.39, 0.29) is 236 Å². The summed E-state index contributed by atoms with van der Waals surface area (Å²) in [6.45, 7) is 29.7. The number of rotatable bonds is 39. The van der Waals surface area contributed by atoms with E-state index in [0.29, 0.717) is 38.9 Å². The molecule has 120 heavy (non-hydrogen) atoms. The molecule has 7 rings (SSSR count). The van der Waals surface area contributed by atoms with Crippen LogP contribution in [0.5, 0.6) is 0 Å². The van der Waals surface area contributed by atoms with E-state index in [0.717, 1.165) is 0 Å². The summed E-state index contributed by atoms with van der Waals surface area (Å²) in [7, 11) is 25.4. The van der Waals surface area contributed by atoms with Crippen LogP contribution in [-0.4, -0.2) is 304 Å². The number of hydrogen-bond donors (Lipinski definition) is 1. The fourth-order valence-electron chi connectivity index (χ4n) is 11.5. The van der Waals surface area contributed by atoms with E-state index in [4.69, 9.17) is 157 Å². The summed E-state index contributed by atoms with van der Waals surface area (Å²) >= 11 is 0. The SMILES string of the molecule is C.[B]CO[C@@H](COC(C)C)COP(=O)([O-])OC1[CH-][C@H]([B])O[C@@H]1COC(C)C.[B][C@@H]1C[C@H](COC(C)C)C(OP(=O)([O-])OC[C@H]2O[C@@H]([B])CC2OC(C)C)C1(C#N)C#N.[B][C@@H]1O[C@H](COC(C)C)C[C@@H]1C#N.[B][C@H]1CC(OC(C)C)[C@@H](COP(=O)([O-])[O-])O1.[B][C@H]1CC(OC(C)C)[C@@H](COP(=O)([O-])[O-])O1.[B][C@H]1[CH-]C(O)[C@@H](COC(C)C)O1.[OH-].[W].[W].[W].[W]. The van der Waals surface area contributed by atoms with E-state index in [1.165, 1.54) is 6.42 Å². The van der Waals surface area contributed by atoms with E-state index in [9.17, 15) is 63.3 Å². The minimum Gasteiger partial charge on any atom is -0.870 e. The fraction of sp³-hybridized carbons (Fsp3) is 0.926. The number of aliphatic hydroxyl groups excluding tert-OH is 1.